The van der Waals surface area contributed by atoms with Crippen LogP contribution in [0.5, 0.6) is 11.5 Å². The van der Waals surface area contributed by atoms with E-state index < -0.39 is 0 Å². The van der Waals surface area contributed by atoms with E-state index >= 15 is 0 Å². The first-order chi connectivity index (χ1) is 8.93. The molecule has 4 heteroatoms. The minimum absolute atomic E-state index is 0.176. The van der Waals surface area contributed by atoms with Crippen LogP contribution in [-0.4, -0.2) is 30.2 Å². The average molecular weight is 330 g/mol. The van der Waals surface area contributed by atoms with Gasteiger partial charge >= 0.3 is 0 Å². The van der Waals surface area contributed by atoms with Crippen molar-refractivity contribution in [3.63, 3.8) is 0 Å². The maximum atomic E-state index is 9.88. The fraction of sp³-hybridized carbons (Fsp3) is 0.600. The molecule has 0 aliphatic heterocycles. The molecule has 1 aromatic rings. The zero-order valence-electron chi connectivity index (χ0n) is 12.2. The van der Waals surface area contributed by atoms with Crippen molar-refractivity contribution < 1.29 is 9.84 Å². The number of aromatic hydroxyl groups is 1. The van der Waals surface area contributed by atoms with Crippen molar-refractivity contribution in [1.82, 2.24) is 4.90 Å². The third-order valence-corrected chi connectivity index (χ3v) is 3.53. The molecule has 0 aliphatic rings. The summed E-state index contributed by atoms with van der Waals surface area (Å²) in [7, 11) is 2.11. The SMILES string of the molecule is CCOc1cc(CN(C)CCC(C)C)cc(Br)c1O. The second kappa shape index (κ2) is 7.75. The molecule has 108 valence electrons. The molecule has 0 atom stereocenters. The van der Waals surface area contributed by atoms with Crippen LogP contribution in [0, 0.1) is 5.92 Å². The lowest BCUT2D eigenvalue weighted by molar-refractivity contribution is 0.298. The van der Waals surface area contributed by atoms with Crippen LogP contribution < -0.4 is 4.74 Å². The molecule has 0 heterocycles. The quantitative estimate of drug-likeness (QED) is 0.819. The Labute approximate surface area is 124 Å². The number of hydrogen-bond donors (Lipinski definition) is 1. The first-order valence-corrected chi connectivity index (χ1v) is 7.56. The van der Waals surface area contributed by atoms with Crippen molar-refractivity contribution in [1.29, 1.82) is 0 Å². The lowest BCUT2D eigenvalue weighted by Gasteiger charge is -2.19. The van der Waals surface area contributed by atoms with Gasteiger partial charge in [-0.2, -0.15) is 0 Å². The third kappa shape index (κ3) is 5.41. The molecule has 0 saturated heterocycles. The highest BCUT2D eigenvalue weighted by Crippen LogP contribution is 2.35. The topological polar surface area (TPSA) is 32.7 Å². The fourth-order valence-electron chi connectivity index (χ4n) is 1.85. The zero-order chi connectivity index (χ0) is 14.4. The second-order valence-electron chi connectivity index (χ2n) is 5.28. The van der Waals surface area contributed by atoms with Crippen LogP contribution in [0.4, 0.5) is 0 Å². The fourth-order valence-corrected chi connectivity index (χ4v) is 2.34. The van der Waals surface area contributed by atoms with Gasteiger partial charge < -0.3 is 14.7 Å². The summed E-state index contributed by atoms with van der Waals surface area (Å²) in [6, 6.07) is 3.86. The Balaban J connectivity index is 2.72. The van der Waals surface area contributed by atoms with Gasteiger partial charge in [-0.3, -0.25) is 0 Å². The van der Waals surface area contributed by atoms with Gasteiger partial charge in [0.1, 0.15) is 0 Å². The Morgan fingerprint density at radius 2 is 2.05 bits per heavy atom. The summed E-state index contributed by atoms with van der Waals surface area (Å²) in [5.41, 5.74) is 1.14. The predicted molar refractivity (Wildman–Crippen MR) is 82.8 cm³/mol. The van der Waals surface area contributed by atoms with E-state index in [0.717, 1.165) is 18.7 Å². The summed E-state index contributed by atoms with van der Waals surface area (Å²) >= 11 is 3.37. The molecule has 19 heavy (non-hydrogen) atoms. The average Bonchev–Trinajstić information content (AvgIpc) is 2.33. The lowest BCUT2D eigenvalue weighted by Crippen LogP contribution is -2.20. The molecule has 0 saturated carbocycles. The van der Waals surface area contributed by atoms with Gasteiger partial charge in [0, 0.05) is 6.54 Å². The normalized spacial score (nSPS) is 11.3. The van der Waals surface area contributed by atoms with Gasteiger partial charge in [-0.15, -0.1) is 0 Å². The molecule has 0 radical (unpaired) electrons. The van der Waals surface area contributed by atoms with Crippen LogP contribution in [-0.2, 0) is 6.54 Å². The van der Waals surface area contributed by atoms with Crippen molar-refractivity contribution in [3.8, 4) is 11.5 Å². The van der Waals surface area contributed by atoms with E-state index in [1.165, 1.54) is 6.42 Å². The number of benzene rings is 1. The summed E-state index contributed by atoms with van der Waals surface area (Å²) in [6.07, 6.45) is 1.19. The van der Waals surface area contributed by atoms with Gasteiger partial charge in [0.15, 0.2) is 11.5 Å². The highest BCUT2D eigenvalue weighted by Gasteiger charge is 2.10. The summed E-state index contributed by atoms with van der Waals surface area (Å²) in [4.78, 5) is 2.29. The largest absolute Gasteiger partial charge is 0.503 e. The first kappa shape index (κ1) is 16.3. The van der Waals surface area contributed by atoms with Crippen molar-refractivity contribution in [2.75, 3.05) is 20.2 Å². The van der Waals surface area contributed by atoms with Gasteiger partial charge in [0.05, 0.1) is 11.1 Å². The minimum atomic E-state index is 0.176. The van der Waals surface area contributed by atoms with Crippen LogP contribution in [0.1, 0.15) is 32.8 Å². The van der Waals surface area contributed by atoms with Crippen molar-refractivity contribution in [2.45, 2.75) is 33.7 Å². The third-order valence-electron chi connectivity index (χ3n) is 2.93. The molecule has 1 aromatic carbocycles. The number of rotatable bonds is 7. The molecule has 0 aliphatic carbocycles. The Kier molecular flexibility index (Phi) is 6.66. The molecule has 0 bridgehead atoms. The molecule has 1 N–H and O–H groups in total. The Bertz CT molecular complexity index is 407. The van der Waals surface area contributed by atoms with Gasteiger partial charge in [-0.1, -0.05) is 13.8 Å². The van der Waals surface area contributed by atoms with E-state index in [9.17, 15) is 5.11 Å². The van der Waals surface area contributed by atoms with Crippen LogP contribution >= 0.6 is 15.9 Å². The van der Waals surface area contributed by atoms with Crippen LogP contribution in [0.15, 0.2) is 16.6 Å². The smallest absolute Gasteiger partial charge is 0.172 e. The highest BCUT2D eigenvalue weighted by molar-refractivity contribution is 9.10. The molecule has 0 aromatic heterocycles. The van der Waals surface area contributed by atoms with Crippen LogP contribution in [0.25, 0.3) is 0 Å². The monoisotopic (exact) mass is 329 g/mol. The Hall–Kier alpha value is -0.740. The molecule has 3 nitrogen and oxygen atoms in total. The summed E-state index contributed by atoms with van der Waals surface area (Å²) < 4.78 is 6.13. The standard InChI is InChI=1S/C15H24BrNO2/c1-5-19-14-9-12(8-13(16)15(14)18)10-17(4)7-6-11(2)3/h8-9,11,18H,5-7,10H2,1-4H3. The van der Waals surface area contributed by atoms with Gasteiger partial charge in [0.25, 0.3) is 0 Å². The number of halogens is 1. The molecule has 0 fully saturated rings. The number of nitrogens with zero attached hydrogens (tertiary/aromatic N) is 1. The van der Waals surface area contributed by atoms with Crippen molar-refractivity contribution >= 4 is 15.9 Å². The number of hydrogen-bond acceptors (Lipinski definition) is 3. The van der Waals surface area contributed by atoms with Crippen molar-refractivity contribution in [3.05, 3.63) is 22.2 Å². The number of phenolic OH excluding ortho intramolecular Hbond substituents is 1. The number of ether oxygens (including phenoxy) is 1. The van der Waals surface area contributed by atoms with Crippen LogP contribution in [0.2, 0.25) is 0 Å². The van der Waals surface area contributed by atoms with E-state index in [1.54, 1.807) is 0 Å². The van der Waals surface area contributed by atoms with E-state index in [-0.39, 0.29) is 5.75 Å². The van der Waals surface area contributed by atoms with E-state index in [0.29, 0.717) is 22.7 Å². The van der Waals surface area contributed by atoms with E-state index in [1.807, 2.05) is 19.1 Å². The van der Waals surface area contributed by atoms with Crippen LogP contribution in [0.3, 0.4) is 0 Å². The highest BCUT2D eigenvalue weighted by atomic mass is 79.9. The van der Waals surface area contributed by atoms with Gasteiger partial charge in [-0.05, 0) is 66.5 Å². The summed E-state index contributed by atoms with van der Waals surface area (Å²) in [6.45, 7) is 8.85. The molecule has 0 unspecified atom stereocenters. The number of phenols is 1. The molecule has 0 spiro atoms. The van der Waals surface area contributed by atoms with Gasteiger partial charge in [0.2, 0.25) is 0 Å². The molecular weight excluding hydrogens is 306 g/mol. The first-order valence-electron chi connectivity index (χ1n) is 6.76. The van der Waals surface area contributed by atoms with Crippen molar-refractivity contribution in [2.24, 2.45) is 5.92 Å². The maximum absolute atomic E-state index is 9.88. The second-order valence-corrected chi connectivity index (χ2v) is 6.13. The summed E-state index contributed by atoms with van der Waals surface area (Å²) in [5.74, 6) is 1.44. The maximum Gasteiger partial charge on any atom is 0.172 e. The predicted octanol–water partition coefficient (Wildman–Crippen LogP) is 4.03. The molecule has 0 amide bonds. The Morgan fingerprint density at radius 1 is 1.37 bits per heavy atom. The minimum Gasteiger partial charge on any atom is -0.503 e. The molecular formula is C15H24BrNO2. The lowest BCUT2D eigenvalue weighted by atomic mass is 10.1. The van der Waals surface area contributed by atoms with Gasteiger partial charge in [-0.25, -0.2) is 0 Å². The van der Waals surface area contributed by atoms with E-state index in [4.69, 9.17) is 4.74 Å². The Morgan fingerprint density at radius 3 is 2.63 bits per heavy atom. The van der Waals surface area contributed by atoms with E-state index in [2.05, 4.69) is 41.7 Å². The molecule has 1 rings (SSSR count). The summed E-state index contributed by atoms with van der Waals surface area (Å²) in [5, 5.41) is 9.88. The zero-order valence-corrected chi connectivity index (χ0v) is 13.8.